The monoisotopic (exact) mass is 395 g/mol. The van der Waals surface area contributed by atoms with E-state index in [-0.39, 0.29) is 16.9 Å². The van der Waals surface area contributed by atoms with Crippen LogP contribution in [0.4, 0.5) is 11.8 Å². The number of aromatic nitrogens is 5. The second kappa shape index (κ2) is 7.12. The summed E-state index contributed by atoms with van der Waals surface area (Å²) in [6.07, 6.45) is 1.62. The van der Waals surface area contributed by atoms with Gasteiger partial charge in [0.2, 0.25) is 5.95 Å². The molecule has 0 spiro atoms. The third-order valence-electron chi connectivity index (χ3n) is 3.91. The lowest BCUT2D eigenvalue weighted by molar-refractivity contribution is 0.102. The van der Waals surface area contributed by atoms with Crippen molar-refractivity contribution in [3.63, 3.8) is 0 Å². The molecule has 0 saturated carbocycles. The third kappa shape index (κ3) is 3.42. The summed E-state index contributed by atoms with van der Waals surface area (Å²) in [7, 11) is 1.57. The highest BCUT2D eigenvalue weighted by Gasteiger charge is 2.16. The third-order valence-corrected chi connectivity index (χ3v) is 4.10. The summed E-state index contributed by atoms with van der Waals surface area (Å²) in [6.45, 7) is 0. The van der Waals surface area contributed by atoms with Crippen LogP contribution in [0, 0.1) is 0 Å². The van der Waals surface area contributed by atoms with Crippen LogP contribution in [0.5, 0.6) is 5.75 Å². The van der Waals surface area contributed by atoms with Crippen LogP contribution >= 0.6 is 11.6 Å². The Kier molecular flexibility index (Phi) is 4.50. The number of hydrogen-bond acceptors (Lipinski definition) is 7. The molecule has 0 saturated heterocycles. The molecular weight excluding hydrogens is 382 g/mol. The quantitative estimate of drug-likeness (QED) is 0.452. The van der Waals surface area contributed by atoms with Crippen LogP contribution in [-0.2, 0) is 0 Å². The molecule has 0 fully saturated rings. The van der Waals surface area contributed by atoms with Crippen molar-refractivity contribution in [1.29, 1.82) is 0 Å². The molecule has 1 amide bonds. The van der Waals surface area contributed by atoms with Gasteiger partial charge in [-0.25, -0.2) is 9.97 Å². The first-order valence-electron chi connectivity index (χ1n) is 8.14. The fraction of sp³-hybridized carbons (Fsp3) is 0.0556. The van der Waals surface area contributed by atoms with Crippen molar-refractivity contribution < 1.29 is 9.53 Å². The van der Waals surface area contributed by atoms with Crippen LogP contribution in [0.3, 0.4) is 0 Å². The van der Waals surface area contributed by atoms with Gasteiger partial charge < -0.3 is 15.5 Å². The smallest absolute Gasteiger partial charge is 0.260 e. The second-order valence-electron chi connectivity index (χ2n) is 5.76. The van der Waals surface area contributed by atoms with E-state index < -0.39 is 5.91 Å². The van der Waals surface area contributed by atoms with Crippen LogP contribution < -0.4 is 15.8 Å². The van der Waals surface area contributed by atoms with Crippen molar-refractivity contribution in [3.05, 3.63) is 53.3 Å². The van der Waals surface area contributed by atoms with Gasteiger partial charge >= 0.3 is 0 Å². The fourth-order valence-corrected chi connectivity index (χ4v) is 2.86. The van der Waals surface area contributed by atoms with E-state index in [2.05, 4.69) is 30.2 Å². The molecule has 3 aromatic heterocycles. The Morgan fingerprint density at radius 1 is 1.21 bits per heavy atom. The number of nitrogens with two attached hydrogens (primary N) is 1. The Bertz CT molecular complexity index is 1170. The molecule has 0 atom stereocenters. The zero-order chi connectivity index (χ0) is 19.7. The van der Waals surface area contributed by atoms with Gasteiger partial charge in [-0.2, -0.15) is 4.98 Å². The Balaban J connectivity index is 1.71. The number of para-hydroxylation sites is 1. The highest BCUT2D eigenvalue weighted by atomic mass is 35.5. The molecule has 0 aliphatic heterocycles. The first-order chi connectivity index (χ1) is 13.5. The minimum Gasteiger partial charge on any atom is -0.497 e. The van der Waals surface area contributed by atoms with Gasteiger partial charge in [0.25, 0.3) is 5.91 Å². The topological polar surface area (TPSA) is 132 Å². The van der Waals surface area contributed by atoms with Gasteiger partial charge in [-0.15, -0.1) is 0 Å². The van der Waals surface area contributed by atoms with E-state index in [0.717, 1.165) is 0 Å². The number of pyridine rings is 1. The van der Waals surface area contributed by atoms with Crippen molar-refractivity contribution in [2.24, 2.45) is 0 Å². The van der Waals surface area contributed by atoms with Crippen molar-refractivity contribution in [3.8, 4) is 17.3 Å². The zero-order valence-electron chi connectivity index (χ0n) is 14.6. The van der Waals surface area contributed by atoms with Crippen molar-refractivity contribution in [1.82, 2.24) is 24.9 Å². The van der Waals surface area contributed by atoms with E-state index in [0.29, 0.717) is 33.9 Å². The molecular formula is C18H14ClN7O2. The molecule has 1 aromatic carbocycles. The minimum atomic E-state index is -0.441. The second-order valence-corrected chi connectivity index (χ2v) is 6.15. The Morgan fingerprint density at radius 3 is 2.86 bits per heavy atom. The average molecular weight is 396 g/mol. The fourth-order valence-electron chi connectivity index (χ4n) is 2.66. The molecule has 0 aliphatic rings. The van der Waals surface area contributed by atoms with Gasteiger partial charge in [-0.1, -0.05) is 17.7 Å². The van der Waals surface area contributed by atoms with Crippen molar-refractivity contribution in [2.45, 2.75) is 0 Å². The number of H-pyrrole nitrogens is 1. The SMILES string of the molecule is COc1ccnc(-c2nc3c(C(=O)Nc4nc(N)cc(Cl)n4)cccc3[nH]2)c1. The lowest BCUT2D eigenvalue weighted by Gasteiger charge is -2.05. The maximum atomic E-state index is 12.7. The first kappa shape index (κ1) is 17.7. The number of carbonyl (C=O) groups is 1. The normalized spacial score (nSPS) is 10.8. The van der Waals surface area contributed by atoms with E-state index in [1.54, 1.807) is 37.6 Å². The van der Waals surface area contributed by atoms with Crippen molar-refractivity contribution in [2.75, 3.05) is 18.2 Å². The number of nitrogens with zero attached hydrogens (tertiary/aromatic N) is 4. The van der Waals surface area contributed by atoms with E-state index in [1.165, 1.54) is 6.07 Å². The minimum absolute atomic E-state index is 0.0113. The van der Waals surface area contributed by atoms with Gasteiger partial charge in [-0.3, -0.25) is 15.1 Å². The number of nitrogen functional groups attached to an aromatic ring is 1. The average Bonchev–Trinajstić information content (AvgIpc) is 3.11. The molecule has 0 radical (unpaired) electrons. The molecule has 0 unspecified atom stereocenters. The predicted molar refractivity (Wildman–Crippen MR) is 105 cm³/mol. The summed E-state index contributed by atoms with van der Waals surface area (Å²) in [5, 5.41) is 2.72. The number of fused-ring (bicyclic) bond motifs is 1. The molecule has 10 heteroatoms. The first-order valence-corrected chi connectivity index (χ1v) is 8.52. The summed E-state index contributed by atoms with van der Waals surface area (Å²) < 4.78 is 5.22. The van der Waals surface area contributed by atoms with Crippen molar-refractivity contribution >= 4 is 40.3 Å². The number of methoxy groups -OCH3 is 1. The summed E-state index contributed by atoms with van der Waals surface area (Å²) in [6, 6.07) is 10.1. The lowest BCUT2D eigenvalue weighted by atomic mass is 10.2. The summed E-state index contributed by atoms with van der Waals surface area (Å²) in [5.74, 6) is 0.886. The Labute approximate surface area is 164 Å². The van der Waals surface area contributed by atoms with Gasteiger partial charge in [-0.05, 0) is 18.2 Å². The lowest BCUT2D eigenvalue weighted by Crippen LogP contribution is -2.15. The molecule has 4 rings (SSSR count). The number of nitrogens with one attached hydrogen (secondary N) is 2. The van der Waals surface area contributed by atoms with Gasteiger partial charge in [0.05, 0.1) is 18.2 Å². The van der Waals surface area contributed by atoms with Crippen LogP contribution in [0.25, 0.3) is 22.6 Å². The zero-order valence-corrected chi connectivity index (χ0v) is 15.4. The van der Waals surface area contributed by atoms with Crippen LogP contribution in [-0.4, -0.2) is 37.9 Å². The van der Waals surface area contributed by atoms with Crippen LogP contribution in [0.15, 0.2) is 42.6 Å². The Hall–Kier alpha value is -3.72. The highest BCUT2D eigenvalue weighted by Crippen LogP contribution is 2.24. The highest BCUT2D eigenvalue weighted by molar-refractivity contribution is 6.29. The number of imidazole rings is 1. The molecule has 3 heterocycles. The van der Waals surface area contributed by atoms with Crippen LogP contribution in [0.1, 0.15) is 10.4 Å². The van der Waals surface area contributed by atoms with Gasteiger partial charge in [0, 0.05) is 18.3 Å². The predicted octanol–water partition coefficient (Wildman–Crippen LogP) is 2.91. The molecule has 0 bridgehead atoms. The number of amides is 1. The largest absolute Gasteiger partial charge is 0.497 e. The molecule has 0 aliphatic carbocycles. The summed E-state index contributed by atoms with van der Waals surface area (Å²) in [5.41, 5.74) is 7.72. The number of ether oxygens (including phenoxy) is 1. The van der Waals surface area contributed by atoms with Gasteiger partial charge in [0.15, 0.2) is 5.82 Å². The number of carbonyl (C=O) groups excluding carboxylic acids is 1. The number of anilines is 2. The Morgan fingerprint density at radius 2 is 2.07 bits per heavy atom. The molecule has 9 nitrogen and oxygen atoms in total. The van der Waals surface area contributed by atoms with E-state index in [1.807, 2.05) is 6.07 Å². The maximum Gasteiger partial charge on any atom is 0.260 e. The van der Waals surface area contributed by atoms with Crippen LogP contribution in [0.2, 0.25) is 5.15 Å². The number of rotatable bonds is 4. The molecule has 4 aromatic rings. The standard InChI is InChI=1S/C18H14ClN7O2/c1-28-9-5-6-21-12(7-9)16-22-11-4-2-3-10(15(11)25-16)17(27)26-18-23-13(19)8-14(20)24-18/h2-8H,1H3,(H,22,25)(H3,20,23,24,26,27). The number of aromatic amines is 1. The summed E-state index contributed by atoms with van der Waals surface area (Å²) >= 11 is 5.85. The molecule has 140 valence electrons. The van der Waals surface area contributed by atoms with Gasteiger partial charge in [0.1, 0.15) is 27.9 Å². The maximum absolute atomic E-state index is 12.7. The number of hydrogen-bond donors (Lipinski definition) is 3. The number of halogens is 1. The molecule has 28 heavy (non-hydrogen) atoms. The summed E-state index contributed by atoms with van der Waals surface area (Å²) in [4.78, 5) is 32.6. The van der Waals surface area contributed by atoms with E-state index >= 15 is 0 Å². The molecule has 4 N–H and O–H groups in total. The number of benzene rings is 1. The van der Waals surface area contributed by atoms with E-state index in [4.69, 9.17) is 22.1 Å². The van der Waals surface area contributed by atoms with E-state index in [9.17, 15) is 4.79 Å².